The summed E-state index contributed by atoms with van der Waals surface area (Å²) >= 11 is 0. The van der Waals surface area contributed by atoms with Crippen molar-refractivity contribution in [1.29, 1.82) is 0 Å². The largest absolute Gasteiger partial charge is 0.285 e. The van der Waals surface area contributed by atoms with Gasteiger partial charge in [-0.2, -0.15) is 8.42 Å². The van der Waals surface area contributed by atoms with Gasteiger partial charge in [0.1, 0.15) is 5.75 Å². The monoisotopic (exact) mass is 173 g/mol. The SMILES string of the molecule is O=S(=O)(O)Cc1ccccn1. The Kier molecular flexibility index (Phi) is 2.21. The van der Waals surface area contributed by atoms with Crippen LogP contribution in [0, 0.1) is 0 Å². The lowest BCUT2D eigenvalue weighted by molar-refractivity contribution is 0.481. The third-order valence-electron chi connectivity index (χ3n) is 1.06. The molecule has 0 radical (unpaired) electrons. The van der Waals surface area contributed by atoms with Crippen LogP contribution in [0.3, 0.4) is 0 Å². The molecule has 1 rings (SSSR count). The molecule has 0 atom stereocenters. The van der Waals surface area contributed by atoms with Crippen LogP contribution < -0.4 is 0 Å². The fourth-order valence-corrected chi connectivity index (χ4v) is 1.21. The molecule has 0 bridgehead atoms. The highest BCUT2D eigenvalue weighted by Crippen LogP contribution is 1.98. The van der Waals surface area contributed by atoms with Crippen molar-refractivity contribution >= 4 is 10.1 Å². The quantitative estimate of drug-likeness (QED) is 0.660. The number of hydrogen-bond donors (Lipinski definition) is 1. The number of aromatic nitrogens is 1. The van der Waals surface area contributed by atoms with Gasteiger partial charge < -0.3 is 0 Å². The zero-order valence-electron chi connectivity index (χ0n) is 5.64. The smallest absolute Gasteiger partial charge is 0.270 e. The molecule has 1 heterocycles. The van der Waals surface area contributed by atoms with E-state index in [1.165, 1.54) is 12.3 Å². The first-order valence-electron chi connectivity index (χ1n) is 2.93. The molecular weight excluding hydrogens is 166 g/mol. The van der Waals surface area contributed by atoms with E-state index in [0.717, 1.165) is 0 Å². The Labute approximate surface area is 64.6 Å². The molecule has 0 aromatic carbocycles. The average molecular weight is 173 g/mol. The van der Waals surface area contributed by atoms with Crippen molar-refractivity contribution < 1.29 is 13.0 Å². The minimum Gasteiger partial charge on any atom is -0.285 e. The van der Waals surface area contributed by atoms with E-state index in [2.05, 4.69) is 4.98 Å². The highest BCUT2D eigenvalue weighted by Gasteiger charge is 2.05. The summed E-state index contributed by atoms with van der Waals surface area (Å²) in [6.07, 6.45) is 1.47. The van der Waals surface area contributed by atoms with E-state index in [0.29, 0.717) is 5.69 Å². The van der Waals surface area contributed by atoms with Crippen LogP contribution in [-0.4, -0.2) is 18.0 Å². The minimum atomic E-state index is -3.94. The van der Waals surface area contributed by atoms with E-state index in [4.69, 9.17) is 4.55 Å². The van der Waals surface area contributed by atoms with Crippen LogP contribution in [0.4, 0.5) is 0 Å². The molecule has 0 aliphatic rings. The maximum Gasteiger partial charge on any atom is 0.270 e. The van der Waals surface area contributed by atoms with Crippen LogP contribution in [0.15, 0.2) is 24.4 Å². The molecule has 60 valence electrons. The summed E-state index contributed by atoms with van der Waals surface area (Å²) in [6.45, 7) is 0. The average Bonchev–Trinajstić information content (AvgIpc) is 1.85. The number of nitrogens with zero attached hydrogens (tertiary/aromatic N) is 1. The van der Waals surface area contributed by atoms with Gasteiger partial charge in [-0.25, -0.2) is 0 Å². The van der Waals surface area contributed by atoms with Gasteiger partial charge in [0.15, 0.2) is 0 Å². The second-order valence-corrected chi connectivity index (χ2v) is 3.50. The van der Waals surface area contributed by atoms with Crippen molar-refractivity contribution in [2.45, 2.75) is 5.75 Å². The lowest BCUT2D eigenvalue weighted by atomic mass is 10.4. The van der Waals surface area contributed by atoms with E-state index in [1.807, 2.05) is 0 Å². The van der Waals surface area contributed by atoms with E-state index in [9.17, 15) is 8.42 Å². The van der Waals surface area contributed by atoms with E-state index < -0.39 is 15.9 Å². The summed E-state index contributed by atoms with van der Waals surface area (Å²) in [6, 6.07) is 4.87. The Balaban J connectivity index is 2.82. The highest BCUT2D eigenvalue weighted by molar-refractivity contribution is 7.84. The van der Waals surface area contributed by atoms with Crippen molar-refractivity contribution in [1.82, 2.24) is 4.98 Å². The third-order valence-corrected chi connectivity index (χ3v) is 1.72. The lowest BCUT2D eigenvalue weighted by Crippen LogP contribution is -2.02. The zero-order chi connectivity index (χ0) is 8.32. The Morgan fingerprint density at radius 2 is 2.18 bits per heavy atom. The van der Waals surface area contributed by atoms with Crippen molar-refractivity contribution in [3.05, 3.63) is 30.1 Å². The first kappa shape index (κ1) is 8.16. The second kappa shape index (κ2) is 2.98. The second-order valence-electron chi connectivity index (χ2n) is 2.05. The van der Waals surface area contributed by atoms with E-state index in [-0.39, 0.29) is 0 Å². The van der Waals surface area contributed by atoms with Gasteiger partial charge in [0, 0.05) is 6.20 Å². The van der Waals surface area contributed by atoms with Crippen LogP contribution in [-0.2, 0) is 15.9 Å². The molecule has 1 aromatic heterocycles. The molecule has 11 heavy (non-hydrogen) atoms. The van der Waals surface area contributed by atoms with Gasteiger partial charge in [0.2, 0.25) is 0 Å². The molecule has 0 fully saturated rings. The van der Waals surface area contributed by atoms with E-state index in [1.54, 1.807) is 12.1 Å². The van der Waals surface area contributed by atoms with Crippen molar-refractivity contribution in [2.75, 3.05) is 0 Å². The van der Waals surface area contributed by atoms with Crippen LogP contribution in [0.25, 0.3) is 0 Å². The minimum absolute atomic E-state index is 0.343. The summed E-state index contributed by atoms with van der Waals surface area (Å²) in [5.41, 5.74) is 0.343. The predicted octanol–water partition coefficient (Wildman–Crippen LogP) is 0.469. The molecular formula is C6H7NO3S. The maximum atomic E-state index is 10.3. The topological polar surface area (TPSA) is 67.3 Å². The standard InChI is InChI=1S/C6H7NO3S/c8-11(9,10)5-6-3-1-2-4-7-6/h1-4H,5H2,(H,8,9,10). The van der Waals surface area contributed by atoms with Gasteiger partial charge in [-0.05, 0) is 12.1 Å². The van der Waals surface area contributed by atoms with Gasteiger partial charge in [-0.3, -0.25) is 9.54 Å². The van der Waals surface area contributed by atoms with Gasteiger partial charge in [0.25, 0.3) is 10.1 Å². The summed E-state index contributed by atoms with van der Waals surface area (Å²) in [5, 5.41) is 0. The normalized spacial score (nSPS) is 11.4. The molecule has 0 unspecified atom stereocenters. The lowest BCUT2D eigenvalue weighted by Gasteiger charge is -1.94. The van der Waals surface area contributed by atoms with Crippen LogP contribution in [0.1, 0.15) is 5.69 Å². The van der Waals surface area contributed by atoms with Crippen molar-refractivity contribution in [3.8, 4) is 0 Å². The Hall–Kier alpha value is -0.940. The molecule has 0 aliphatic carbocycles. The van der Waals surface area contributed by atoms with E-state index >= 15 is 0 Å². The first-order valence-corrected chi connectivity index (χ1v) is 4.54. The molecule has 0 saturated heterocycles. The zero-order valence-corrected chi connectivity index (χ0v) is 6.45. The Morgan fingerprint density at radius 3 is 2.64 bits per heavy atom. The summed E-state index contributed by atoms with van der Waals surface area (Å²) in [7, 11) is -3.94. The maximum absolute atomic E-state index is 10.3. The number of rotatable bonds is 2. The Bertz CT molecular complexity index is 319. The molecule has 0 amide bonds. The molecule has 4 nitrogen and oxygen atoms in total. The molecule has 0 aliphatic heterocycles. The van der Waals surface area contributed by atoms with Gasteiger partial charge in [-0.15, -0.1) is 0 Å². The first-order chi connectivity index (χ1) is 5.08. The van der Waals surface area contributed by atoms with Crippen LogP contribution in [0.5, 0.6) is 0 Å². The van der Waals surface area contributed by atoms with Crippen molar-refractivity contribution in [2.24, 2.45) is 0 Å². The molecule has 0 saturated carbocycles. The summed E-state index contributed by atoms with van der Waals surface area (Å²) in [4.78, 5) is 3.72. The van der Waals surface area contributed by atoms with Crippen molar-refractivity contribution in [3.63, 3.8) is 0 Å². The Morgan fingerprint density at radius 1 is 1.45 bits per heavy atom. The van der Waals surface area contributed by atoms with Crippen LogP contribution >= 0.6 is 0 Å². The van der Waals surface area contributed by atoms with Gasteiger partial charge in [-0.1, -0.05) is 6.07 Å². The summed E-state index contributed by atoms with van der Waals surface area (Å²) < 4.78 is 29.0. The number of pyridine rings is 1. The molecule has 5 heteroatoms. The molecule has 0 spiro atoms. The third kappa shape index (κ3) is 3.10. The number of hydrogen-bond acceptors (Lipinski definition) is 3. The molecule has 1 aromatic rings. The van der Waals surface area contributed by atoms with Crippen LogP contribution in [0.2, 0.25) is 0 Å². The molecule has 1 N–H and O–H groups in total. The fraction of sp³-hybridized carbons (Fsp3) is 0.167. The highest BCUT2D eigenvalue weighted by atomic mass is 32.2. The van der Waals surface area contributed by atoms with Gasteiger partial charge in [0.05, 0.1) is 5.69 Å². The summed E-state index contributed by atoms with van der Waals surface area (Å²) in [5.74, 6) is -0.423. The van der Waals surface area contributed by atoms with Gasteiger partial charge >= 0.3 is 0 Å². The fourth-order valence-electron chi connectivity index (χ4n) is 0.670. The predicted molar refractivity (Wildman–Crippen MR) is 39.5 cm³/mol.